The number of rotatable bonds is 2. The molecule has 2 aliphatic heterocycles. The van der Waals surface area contributed by atoms with Gasteiger partial charge in [-0.25, -0.2) is 9.97 Å². The van der Waals surface area contributed by atoms with Gasteiger partial charge in [0, 0.05) is 31.7 Å². The summed E-state index contributed by atoms with van der Waals surface area (Å²) in [5, 5.41) is 9.58. The number of aryl methyl sites for hydroxylation is 1. The molecule has 1 atom stereocenters. The second-order valence-corrected chi connectivity index (χ2v) is 5.48. The van der Waals surface area contributed by atoms with E-state index in [9.17, 15) is 5.11 Å². The quantitative estimate of drug-likeness (QED) is 0.870. The van der Waals surface area contributed by atoms with Crippen molar-refractivity contribution in [3.63, 3.8) is 0 Å². The summed E-state index contributed by atoms with van der Waals surface area (Å²) < 4.78 is 5.44. The first-order chi connectivity index (χ1) is 9.22. The summed E-state index contributed by atoms with van der Waals surface area (Å²) in [6.07, 6.45) is 2.55. The van der Waals surface area contributed by atoms with Gasteiger partial charge in [-0.2, -0.15) is 0 Å². The molecule has 5 heteroatoms. The van der Waals surface area contributed by atoms with Gasteiger partial charge in [0.2, 0.25) is 0 Å². The van der Waals surface area contributed by atoms with Gasteiger partial charge in [0.1, 0.15) is 11.6 Å². The molecule has 0 radical (unpaired) electrons. The maximum absolute atomic E-state index is 9.58. The van der Waals surface area contributed by atoms with Gasteiger partial charge >= 0.3 is 0 Å². The van der Waals surface area contributed by atoms with E-state index in [0.717, 1.165) is 62.9 Å². The van der Waals surface area contributed by atoms with Gasteiger partial charge in [-0.05, 0) is 26.2 Å². The minimum atomic E-state index is -0.151. The normalized spacial score (nSPS) is 24.9. The molecule has 0 amide bonds. The van der Waals surface area contributed by atoms with E-state index in [2.05, 4.69) is 20.9 Å². The standard InChI is InChI=1S/C14H21N3O2/c1-10-15-13(11-4-7-19-9-11)8-14(16-10)17-5-2-12(18)3-6-17/h8,11-12,18H,2-7,9H2,1H3/t11-/m1/s1. The van der Waals surface area contributed by atoms with Crippen molar-refractivity contribution < 1.29 is 9.84 Å². The summed E-state index contributed by atoms with van der Waals surface area (Å²) in [5.41, 5.74) is 1.10. The molecule has 1 aromatic heterocycles. The molecule has 0 saturated carbocycles. The van der Waals surface area contributed by atoms with Crippen molar-refractivity contribution in [2.75, 3.05) is 31.2 Å². The molecule has 0 bridgehead atoms. The molecular weight excluding hydrogens is 242 g/mol. The number of aliphatic hydroxyl groups is 1. The lowest BCUT2D eigenvalue weighted by molar-refractivity contribution is 0.145. The Bertz CT molecular complexity index is 438. The van der Waals surface area contributed by atoms with E-state index >= 15 is 0 Å². The van der Waals surface area contributed by atoms with Crippen molar-refractivity contribution in [3.05, 3.63) is 17.6 Å². The van der Waals surface area contributed by atoms with Gasteiger partial charge in [-0.15, -0.1) is 0 Å². The van der Waals surface area contributed by atoms with Crippen molar-refractivity contribution in [1.29, 1.82) is 0 Å². The topological polar surface area (TPSA) is 58.5 Å². The van der Waals surface area contributed by atoms with Gasteiger partial charge in [0.15, 0.2) is 0 Å². The zero-order valence-electron chi connectivity index (χ0n) is 11.4. The van der Waals surface area contributed by atoms with E-state index in [4.69, 9.17) is 4.74 Å². The van der Waals surface area contributed by atoms with Crippen LogP contribution in [0.25, 0.3) is 0 Å². The van der Waals surface area contributed by atoms with Crippen molar-refractivity contribution in [2.24, 2.45) is 0 Å². The fourth-order valence-electron chi connectivity index (χ4n) is 2.81. The number of hydrogen-bond acceptors (Lipinski definition) is 5. The van der Waals surface area contributed by atoms with Crippen LogP contribution in [0.3, 0.4) is 0 Å². The van der Waals surface area contributed by atoms with Crippen LogP contribution in [0.2, 0.25) is 0 Å². The molecule has 104 valence electrons. The maximum Gasteiger partial charge on any atom is 0.132 e. The number of hydrogen-bond donors (Lipinski definition) is 1. The second-order valence-electron chi connectivity index (χ2n) is 5.48. The summed E-state index contributed by atoms with van der Waals surface area (Å²) in [7, 11) is 0. The monoisotopic (exact) mass is 263 g/mol. The molecule has 0 aromatic carbocycles. The molecule has 5 nitrogen and oxygen atoms in total. The third-order valence-corrected chi connectivity index (χ3v) is 3.98. The molecular formula is C14H21N3O2. The largest absolute Gasteiger partial charge is 0.393 e. The predicted octanol–water partition coefficient (Wildman–Crippen LogP) is 1.25. The summed E-state index contributed by atoms with van der Waals surface area (Å²) in [5.74, 6) is 2.24. The Labute approximate surface area is 113 Å². The first kappa shape index (κ1) is 12.8. The van der Waals surface area contributed by atoms with Crippen LogP contribution >= 0.6 is 0 Å². The zero-order valence-corrected chi connectivity index (χ0v) is 11.4. The summed E-state index contributed by atoms with van der Waals surface area (Å²) in [4.78, 5) is 11.4. The van der Waals surface area contributed by atoms with Crippen LogP contribution in [0.5, 0.6) is 0 Å². The highest BCUT2D eigenvalue weighted by atomic mass is 16.5. The lowest BCUT2D eigenvalue weighted by atomic mass is 10.0. The van der Waals surface area contributed by atoms with E-state index in [1.807, 2.05) is 6.92 Å². The number of aliphatic hydroxyl groups excluding tert-OH is 1. The van der Waals surface area contributed by atoms with Crippen molar-refractivity contribution >= 4 is 5.82 Å². The number of anilines is 1. The molecule has 0 aliphatic carbocycles. The lowest BCUT2D eigenvalue weighted by Crippen LogP contribution is -2.36. The SMILES string of the molecule is Cc1nc([C@@H]2CCOC2)cc(N2CCC(O)CC2)n1. The molecule has 3 rings (SSSR count). The van der Waals surface area contributed by atoms with Crippen molar-refractivity contribution in [2.45, 2.75) is 38.2 Å². The Kier molecular flexibility index (Phi) is 3.66. The second kappa shape index (κ2) is 5.43. The minimum Gasteiger partial charge on any atom is -0.393 e. The Morgan fingerprint density at radius 1 is 1.26 bits per heavy atom. The average molecular weight is 263 g/mol. The van der Waals surface area contributed by atoms with E-state index in [1.165, 1.54) is 0 Å². The highest BCUT2D eigenvalue weighted by Crippen LogP contribution is 2.27. The van der Waals surface area contributed by atoms with Crippen LogP contribution in [0, 0.1) is 6.92 Å². The number of piperidine rings is 1. The Morgan fingerprint density at radius 2 is 2.05 bits per heavy atom. The third-order valence-electron chi connectivity index (χ3n) is 3.98. The van der Waals surface area contributed by atoms with Gasteiger partial charge in [0.05, 0.1) is 18.4 Å². The maximum atomic E-state index is 9.58. The fourth-order valence-corrected chi connectivity index (χ4v) is 2.81. The fraction of sp³-hybridized carbons (Fsp3) is 0.714. The number of ether oxygens (including phenoxy) is 1. The van der Waals surface area contributed by atoms with Gasteiger partial charge in [-0.3, -0.25) is 0 Å². The Morgan fingerprint density at radius 3 is 2.74 bits per heavy atom. The lowest BCUT2D eigenvalue weighted by Gasteiger charge is -2.31. The first-order valence-corrected chi connectivity index (χ1v) is 7.09. The number of aromatic nitrogens is 2. The highest BCUT2D eigenvalue weighted by Gasteiger charge is 2.23. The Balaban J connectivity index is 1.80. The van der Waals surface area contributed by atoms with Crippen LogP contribution in [0.4, 0.5) is 5.82 Å². The molecule has 0 spiro atoms. The molecule has 2 saturated heterocycles. The summed E-state index contributed by atoms with van der Waals surface area (Å²) in [6, 6.07) is 2.10. The molecule has 2 fully saturated rings. The predicted molar refractivity (Wildman–Crippen MR) is 72.4 cm³/mol. The molecule has 19 heavy (non-hydrogen) atoms. The molecule has 3 heterocycles. The van der Waals surface area contributed by atoms with E-state index in [0.29, 0.717) is 5.92 Å². The van der Waals surface area contributed by atoms with Crippen LogP contribution in [-0.2, 0) is 4.74 Å². The highest BCUT2D eigenvalue weighted by molar-refractivity contribution is 5.41. The van der Waals surface area contributed by atoms with Crippen LogP contribution in [0.15, 0.2) is 6.07 Å². The Hall–Kier alpha value is -1.20. The first-order valence-electron chi connectivity index (χ1n) is 7.09. The van der Waals surface area contributed by atoms with Crippen molar-refractivity contribution in [1.82, 2.24) is 9.97 Å². The van der Waals surface area contributed by atoms with Gasteiger partial charge in [-0.1, -0.05) is 0 Å². The molecule has 0 unspecified atom stereocenters. The van der Waals surface area contributed by atoms with Gasteiger partial charge < -0.3 is 14.7 Å². The zero-order chi connectivity index (χ0) is 13.2. The average Bonchev–Trinajstić information content (AvgIpc) is 2.93. The molecule has 1 N–H and O–H groups in total. The van der Waals surface area contributed by atoms with E-state index < -0.39 is 0 Å². The molecule has 1 aromatic rings. The van der Waals surface area contributed by atoms with E-state index in [-0.39, 0.29) is 6.10 Å². The minimum absolute atomic E-state index is 0.151. The summed E-state index contributed by atoms with van der Waals surface area (Å²) in [6.45, 7) is 5.30. The van der Waals surface area contributed by atoms with Crippen LogP contribution in [-0.4, -0.2) is 47.5 Å². The smallest absolute Gasteiger partial charge is 0.132 e. The number of nitrogens with zero attached hydrogens (tertiary/aromatic N) is 3. The molecule has 2 aliphatic rings. The van der Waals surface area contributed by atoms with Crippen LogP contribution < -0.4 is 4.90 Å². The third kappa shape index (κ3) is 2.87. The van der Waals surface area contributed by atoms with Crippen LogP contribution in [0.1, 0.15) is 36.7 Å². The van der Waals surface area contributed by atoms with Gasteiger partial charge in [0.25, 0.3) is 0 Å². The van der Waals surface area contributed by atoms with E-state index in [1.54, 1.807) is 0 Å². The summed E-state index contributed by atoms with van der Waals surface area (Å²) >= 11 is 0. The van der Waals surface area contributed by atoms with Crippen molar-refractivity contribution in [3.8, 4) is 0 Å².